The monoisotopic (exact) mass is 327 g/mol. The zero-order chi connectivity index (χ0) is 17.0. The Morgan fingerprint density at radius 2 is 1.91 bits per heavy atom. The van der Waals surface area contributed by atoms with E-state index in [2.05, 4.69) is 4.98 Å². The molecular formula is C16H13F4NO2. The van der Waals surface area contributed by atoms with Gasteiger partial charge in [-0.05, 0) is 29.8 Å². The molecule has 0 atom stereocenters. The Balaban J connectivity index is 2.07. The van der Waals surface area contributed by atoms with E-state index in [-0.39, 0.29) is 18.6 Å². The molecule has 0 spiro atoms. The van der Waals surface area contributed by atoms with Crippen LogP contribution in [0.3, 0.4) is 0 Å². The summed E-state index contributed by atoms with van der Waals surface area (Å²) < 4.78 is 55.5. The predicted molar refractivity (Wildman–Crippen MR) is 74.6 cm³/mol. The van der Waals surface area contributed by atoms with Crippen LogP contribution in [-0.2, 0) is 23.8 Å². The molecule has 23 heavy (non-hydrogen) atoms. The Labute approximate surface area is 129 Å². The summed E-state index contributed by atoms with van der Waals surface area (Å²) in [7, 11) is 1.40. The van der Waals surface area contributed by atoms with Crippen LogP contribution in [0.2, 0.25) is 0 Å². The SMILES string of the molecule is COc1ccc(F)cc1CC(=O)Cc1ccc(C(F)(F)F)nc1. The third-order valence-corrected chi connectivity index (χ3v) is 3.15. The fraction of sp³-hybridized carbons (Fsp3) is 0.250. The maximum atomic E-state index is 13.2. The molecule has 122 valence electrons. The van der Waals surface area contributed by atoms with E-state index < -0.39 is 17.7 Å². The largest absolute Gasteiger partial charge is 0.496 e. The van der Waals surface area contributed by atoms with Gasteiger partial charge < -0.3 is 4.74 Å². The van der Waals surface area contributed by atoms with E-state index in [0.717, 1.165) is 12.3 Å². The third-order valence-electron chi connectivity index (χ3n) is 3.15. The van der Waals surface area contributed by atoms with E-state index in [4.69, 9.17) is 4.74 Å². The highest BCUT2D eigenvalue weighted by molar-refractivity contribution is 5.83. The lowest BCUT2D eigenvalue weighted by molar-refractivity contribution is -0.141. The average molecular weight is 327 g/mol. The number of carbonyl (C=O) groups excluding carboxylic acids is 1. The van der Waals surface area contributed by atoms with Gasteiger partial charge in [0, 0.05) is 24.6 Å². The number of carbonyl (C=O) groups is 1. The minimum absolute atomic E-state index is 0.0814. The van der Waals surface area contributed by atoms with Crippen molar-refractivity contribution >= 4 is 5.78 Å². The van der Waals surface area contributed by atoms with Crippen molar-refractivity contribution in [2.45, 2.75) is 19.0 Å². The van der Waals surface area contributed by atoms with Gasteiger partial charge in [-0.15, -0.1) is 0 Å². The summed E-state index contributed by atoms with van der Waals surface area (Å²) >= 11 is 0. The Morgan fingerprint density at radius 3 is 2.48 bits per heavy atom. The number of nitrogens with zero attached hydrogens (tertiary/aromatic N) is 1. The van der Waals surface area contributed by atoms with Crippen LogP contribution in [0, 0.1) is 5.82 Å². The molecule has 0 saturated carbocycles. The third kappa shape index (κ3) is 4.51. The highest BCUT2D eigenvalue weighted by atomic mass is 19.4. The van der Waals surface area contributed by atoms with Gasteiger partial charge in [0.2, 0.25) is 0 Å². The van der Waals surface area contributed by atoms with E-state index in [9.17, 15) is 22.4 Å². The van der Waals surface area contributed by atoms with Gasteiger partial charge in [0.25, 0.3) is 0 Å². The summed E-state index contributed by atoms with van der Waals surface area (Å²) in [6.07, 6.45) is -3.67. The van der Waals surface area contributed by atoms with Gasteiger partial charge in [0.05, 0.1) is 7.11 Å². The number of pyridine rings is 1. The minimum atomic E-state index is -4.52. The van der Waals surface area contributed by atoms with Gasteiger partial charge >= 0.3 is 6.18 Å². The van der Waals surface area contributed by atoms with Gasteiger partial charge in [0.1, 0.15) is 23.0 Å². The Hall–Kier alpha value is -2.44. The molecule has 0 fully saturated rings. The number of ether oxygens (including phenoxy) is 1. The smallest absolute Gasteiger partial charge is 0.433 e. The average Bonchev–Trinajstić information content (AvgIpc) is 2.47. The predicted octanol–water partition coefficient (Wildman–Crippen LogP) is 3.60. The zero-order valence-electron chi connectivity index (χ0n) is 12.2. The molecule has 1 heterocycles. The number of Topliss-reactive ketones (excluding diaryl/α,β-unsaturated/α-hetero) is 1. The van der Waals surface area contributed by atoms with Crippen molar-refractivity contribution in [1.29, 1.82) is 0 Å². The van der Waals surface area contributed by atoms with Crippen molar-refractivity contribution in [2.24, 2.45) is 0 Å². The number of methoxy groups -OCH3 is 1. The molecule has 0 amide bonds. The van der Waals surface area contributed by atoms with Crippen molar-refractivity contribution in [3.8, 4) is 5.75 Å². The lowest BCUT2D eigenvalue weighted by Gasteiger charge is -2.09. The van der Waals surface area contributed by atoms with E-state index >= 15 is 0 Å². The number of ketones is 1. The first-order chi connectivity index (χ1) is 10.8. The first-order valence-corrected chi connectivity index (χ1v) is 6.66. The van der Waals surface area contributed by atoms with E-state index in [0.29, 0.717) is 16.9 Å². The molecule has 1 aromatic heterocycles. The molecule has 0 unspecified atom stereocenters. The quantitative estimate of drug-likeness (QED) is 0.788. The topological polar surface area (TPSA) is 39.2 Å². The number of alkyl halides is 3. The van der Waals surface area contributed by atoms with Crippen molar-refractivity contribution in [1.82, 2.24) is 4.98 Å². The van der Waals surface area contributed by atoms with Crippen LogP contribution in [0.1, 0.15) is 16.8 Å². The number of rotatable bonds is 5. The van der Waals surface area contributed by atoms with Gasteiger partial charge in [-0.2, -0.15) is 13.2 Å². The standard InChI is InChI=1S/C16H13F4NO2/c1-23-14-4-3-12(17)7-11(14)8-13(22)6-10-2-5-15(21-9-10)16(18,19)20/h2-5,7,9H,6,8H2,1H3. The van der Waals surface area contributed by atoms with Crippen LogP contribution in [0.4, 0.5) is 17.6 Å². The van der Waals surface area contributed by atoms with Crippen molar-refractivity contribution < 1.29 is 27.1 Å². The fourth-order valence-corrected chi connectivity index (χ4v) is 2.08. The Morgan fingerprint density at radius 1 is 1.17 bits per heavy atom. The summed E-state index contributed by atoms with van der Waals surface area (Å²) in [4.78, 5) is 15.3. The molecule has 0 aliphatic heterocycles. The summed E-state index contributed by atoms with van der Waals surface area (Å²) in [5, 5.41) is 0. The Bertz CT molecular complexity index is 696. The highest BCUT2D eigenvalue weighted by Gasteiger charge is 2.32. The molecule has 3 nitrogen and oxygen atoms in total. The molecule has 2 aromatic rings. The van der Waals surface area contributed by atoms with E-state index in [1.165, 1.54) is 31.4 Å². The maximum absolute atomic E-state index is 13.2. The van der Waals surface area contributed by atoms with Crippen molar-refractivity contribution in [3.63, 3.8) is 0 Å². The van der Waals surface area contributed by atoms with Gasteiger partial charge in [-0.3, -0.25) is 9.78 Å². The highest BCUT2D eigenvalue weighted by Crippen LogP contribution is 2.27. The first kappa shape index (κ1) is 16.9. The summed E-state index contributed by atoms with van der Waals surface area (Å²) in [5.41, 5.74) is -0.267. The van der Waals surface area contributed by atoms with Crippen LogP contribution < -0.4 is 4.74 Å². The zero-order valence-corrected chi connectivity index (χ0v) is 12.2. The lowest BCUT2D eigenvalue weighted by Crippen LogP contribution is -2.10. The van der Waals surface area contributed by atoms with Crippen LogP contribution in [0.15, 0.2) is 36.5 Å². The maximum Gasteiger partial charge on any atom is 0.433 e. The fourth-order valence-electron chi connectivity index (χ4n) is 2.08. The molecule has 0 saturated heterocycles. The Kier molecular flexibility index (Phi) is 4.98. The normalized spacial score (nSPS) is 11.3. The summed E-state index contributed by atoms with van der Waals surface area (Å²) in [6, 6.07) is 5.86. The second-order valence-corrected chi connectivity index (χ2v) is 4.90. The summed E-state index contributed by atoms with van der Waals surface area (Å²) in [5.74, 6) is -0.398. The van der Waals surface area contributed by atoms with Crippen LogP contribution in [0.5, 0.6) is 5.75 Å². The molecule has 0 aliphatic rings. The van der Waals surface area contributed by atoms with Crippen LogP contribution in [-0.4, -0.2) is 17.9 Å². The molecular weight excluding hydrogens is 314 g/mol. The molecule has 7 heteroatoms. The number of aromatic nitrogens is 1. The lowest BCUT2D eigenvalue weighted by atomic mass is 10.0. The van der Waals surface area contributed by atoms with Crippen LogP contribution >= 0.6 is 0 Å². The molecule has 0 bridgehead atoms. The van der Waals surface area contributed by atoms with Crippen molar-refractivity contribution in [3.05, 3.63) is 59.2 Å². The van der Waals surface area contributed by atoms with E-state index in [1.54, 1.807) is 0 Å². The number of hydrogen-bond donors (Lipinski definition) is 0. The second-order valence-electron chi connectivity index (χ2n) is 4.90. The molecule has 0 N–H and O–H groups in total. The van der Waals surface area contributed by atoms with Gasteiger partial charge in [-0.25, -0.2) is 4.39 Å². The first-order valence-electron chi connectivity index (χ1n) is 6.66. The summed E-state index contributed by atoms with van der Waals surface area (Å²) in [6.45, 7) is 0. The van der Waals surface area contributed by atoms with E-state index in [1.807, 2.05) is 0 Å². The van der Waals surface area contributed by atoms with Gasteiger partial charge in [-0.1, -0.05) is 6.07 Å². The molecule has 2 rings (SSSR count). The number of halogens is 4. The second kappa shape index (κ2) is 6.76. The number of benzene rings is 1. The van der Waals surface area contributed by atoms with Crippen molar-refractivity contribution in [2.75, 3.05) is 7.11 Å². The molecule has 0 aliphatic carbocycles. The van der Waals surface area contributed by atoms with Crippen LogP contribution in [0.25, 0.3) is 0 Å². The minimum Gasteiger partial charge on any atom is -0.496 e. The number of hydrogen-bond acceptors (Lipinski definition) is 3. The van der Waals surface area contributed by atoms with Gasteiger partial charge in [0.15, 0.2) is 0 Å². The molecule has 0 radical (unpaired) electrons. The molecule has 1 aromatic carbocycles.